The second kappa shape index (κ2) is 7.70. The summed E-state index contributed by atoms with van der Waals surface area (Å²) in [6, 6.07) is 13.7. The first-order chi connectivity index (χ1) is 11.1. The Kier molecular flexibility index (Phi) is 5.88. The van der Waals surface area contributed by atoms with Gasteiger partial charge in [-0.25, -0.2) is 4.57 Å². The van der Waals surface area contributed by atoms with Gasteiger partial charge in [-0.1, -0.05) is 12.1 Å². The lowest BCUT2D eigenvalue weighted by Crippen LogP contribution is -3.00. The molecule has 1 aromatic heterocycles. The molecule has 5 heteroatoms. The lowest BCUT2D eigenvalue weighted by molar-refractivity contribution is -0.677. The molecule has 0 aliphatic heterocycles. The van der Waals surface area contributed by atoms with E-state index in [0.717, 1.165) is 27.8 Å². The molecular weight excluding hydrogens is 417 g/mol. The summed E-state index contributed by atoms with van der Waals surface area (Å²) >= 11 is 0. The van der Waals surface area contributed by atoms with E-state index in [1.54, 1.807) is 20.3 Å². The van der Waals surface area contributed by atoms with Crippen LogP contribution < -0.4 is 38.0 Å². The summed E-state index contributed by atoms with van der Waals surface area (Å²) in [5.41, 5.74) is 2.14. The number of hydrogen-bond acceptors (Lipinski definition) is 3. The molecule has 1 N–H and O–H groups in total. The van der Waals surface area contributed by atoms with Crippen molar-refractivity contribution < 1.29 is 43.1 Å². The summed E-state index contributed by atoms with van der Waals surface area (Å²) in [6.07, 6.45) is 2.69. The van der Waals surface area contributed by atoms with Gasteiger partial charge in [0.15, 0.2) is 23.4 Å². The molecule has 24 heavy (non-hydrogen) atoms. The third kappa shape index (κ3) is 3.40. The molecule has 0 aliphatic carbocycles. The number of methoxy groups -OCH3 is 2. The van der Waals surface area contributed by atoms with E-state index < -0.39 is 0 Å². The van der Waals surface area contributed by atoms with Gasteiger partial charge in [-0.05, 0) is 35.2 Å². The maximum Gasteiger partial charge on any atom is 0.197 e. The van der Waals surface area contributed by atoms with E-state index in [4.69, 9.17) is 9.47 Å². The average Bonchev–Trinajstić information content (AvgIpc) is 2.58. The van der Waals surface area contributed by atoms with Crippen LogP contribution in [0.2, 0.25) is 0 Å². The van der Waals surface area contributed by atoms with Gasteiger partial charge in [-0.2, -0.15) is 0 Å². The highest BCUT2D eigenvalue weighted by molar-refractivity contribution is 5.91. The van der Waals surface area contributed by atoms with Crippen molar-refractivity contribution in [2.45, 2.75) is 6.42 Å². The molecule has 0 bridgehead atoms. The molecule has 3 aromatic rings. The molecule has 0 fully saturated rings. The fourth-order valence-electron chi connectivity index (χ4n) is 2.84. The Balaban J connectivity index is 0.00000208. The lowest BCUT2D eigenvalue weighted by atomic mass is 10.0. The van der Waals surface area contributed by atoms with Crippen LogP contribution in [0.25, 0.3) is 10.8 Å². The molecule has 126 valence electrons. The smallest absolute Gasteiger partial charge is 0.197 e. The molecule has 0 radical (unpaired) electrons. The monoisotopic (exact) mass is 437 g/mol. The normalized spacial score (nSPS) is 10.3. The Morgan fingerprint density at radius 2 is 1.83 bits per heavy atom. The summed E-state index contributed by atoms with van der Waals surface area (Å²) in [5, 5.41) is 12.4. The fourth-order valence-corrected chi connectivity index (χ4v) is 2.84. The van der Waals surface area contributed by atoms with Crippen molar-refractivity contribution in [2.75, 3.05) is 14.2 Å². The molecule has 0 unspecified atom stereocenters. The minimum Gasteiger partial charge on any atom is -1.00 e. The molecule has 0 spiro atoms. The largest absolute Gasteiger partial charge is 1.00 e. The Bertz CT molecular complexity index is 865. The number of halogens is 1. The molecule has 4 nitrogen and oxygen atoms in total. The van der Waals surface area contributed by atoms with Crippen LogP contribution in [0.5, 0.6) is 17.2 Å². The third-order valence-electron chi connectivity index (χ3n) is 4.09. The SMILES string of the molecule is COc1cccc(Cc2c3c(O)c(OC)ccc3cc[n+]2C)c1.[I-]. The standard InChI is InChI=1S/C19H19NO3.HI/c1-20-10-9-14-7-8-17(23-3)19(21)18(14)16(20)12-13-5-4-6-15(11-13)22-2;/h4-11H,12H2,1-3H3;1H. The Hall–Kier alpha value is -2.02. The van der Waals surface area contributed by atoms with Gasteiger partial charge in [-0.3, -0.25) is 0 Å². The second-order valence-electron chi connectivity index (χ2n) is 5.48. The number of aromatic nitrogens is 1. The molecule has 0 saturated heterocycles. The van der Waals surface area contributed by atoms with E-state index in [1.165, 1.54) is 0 Å². The summed E-state index contributed by atoms with van der Waals surface area (Å²) in [6.45, 7) is 0. The quantitative estimate of drug-likeness (QED) is 0.461. The number of phenolic OH excluding ortho intramolecular Hbond substituents is 1. The van der Waals surface area contributed by atoms with E-state index in [0.29, 0.717) is 12.2 Å². The summed E-state index contributed by atoms with van der Waals surface area (Å²) in [5.74, 6) is 1.49. The number of benzene rings is 2. The number of rotatable bonds is 4. The first-order valence-corrected chi connectivity index (χ1v) is 7.44. The number of aromatic hydroxyl groups is 1. The minimum atomic E-state index is 0. The number of ether oxygens (including phenoxy) is 2. The Labute approximate surface area is 158 Å². The zero-order chi connectivity index (χ0) is 16.4. The van der Waals surface area contributed by atoms with Gasteiger partial charge < -0.3 is 38.6 Å². The number of aryl methyl sites for hydroxylation is 1. The Morgan fingerprint density at radius 3 is 2.54 bits per heavy atom. The van der Waals surface area contributed by atoms with Crippen molar-refractivity contribution in [3.8, 4) is 17.2 Å². The molecule has 2 aromatic carbocycles. The van der Waals surface area contributed by atoms with Crippen LogP contribution in [0, 0.1) is 0 Å². The highest BCUT2D eigenvalue weighted by Gasteiger charge is 2.19. The van der Waals surface area contributed by atoms with E-state index in [2.05, 4.69) is 6.07 Å². The van der Waals surface area contributed by atoms with Crippen molar-refractivity contribution >= 4 is 10.8 Å². The van der Waals surface area contributed by atoms with Gasteiger partial charge in [0.2, 0.25) is 0 Å². The highest BCUT2D eigenvalue weighted by atomic mass is 127. The summed E-state index contributed by atoms with van der Waals surface area (Å²) in [7, 11) is 5.20. The van der Waals surface area contributed by atoms with E-state index in [9.17, 15) is 5.11 Å². The first-order valence-electron chi connectivity index (χ1n) is 7.44. The van der Waals surface area contributed by atoms with Crippen LogP contribution in [0.15, 0.2) is 48.7 Å². The molecule has 1 heterocycles. The van der Waals surface area contributed by atoms with E-state index in [1.807, 2.05) is 48.1 Å². The van der Waals surface area contributed by atoms with Crippen molar-refractivity contribution in [2.24, 2.45) is 7.05 Å². The number of hydrogen-bond donors (Lipinski definition) is 1. The van der Waals surface area contributed by atoms with Crippen LogP contribution in [-0.2, 0) is 13.5 Å². The topological polar surface area (TPSA) is 42.6 Å². The fraction of sp³-hybridized carbons (Fsp3) is 0.211. The molecule has 0 atom stereocenters. The van der Waals surface area contributed by atoms with Gasteiger partial charge in [0.1, 0.15) is 12.8 Å². The minimum absolute atomic E-state index is 0. The van der Waals surface area contributed by atoms with Gasteiger partial charge in [-0.15, -0.1) is 0 Å². The van der Waals surface area contributed by atoms with Crippen LogP contribution in [0.1, 0.15) is 11.3 Å². The predicted molar refractivity (Wildman–Crippen MR) is 89.1 cm³/mol. The summed E-state index contributed by atoms with van der Waals surface area (Å²) < 4.78 is 12.6. The van der Waals surface area contributed by atoms with Gasteiger partial charge in [0.05, 0.1) is 26.0 Å². The van der Waals surface area contributed by atoms with Crippen molar-refractivity contribution in [3.05, 3.63) is 59.9 Å². The van der Waals surface area contributed by atoms with Crippen LogP contribution in [0.4, 0.5) is 0 Å². The van der Waals surface area contributed by atoms with Crippen LogP contribution in [-0.4, -0.2) is 19.3 Å². The molecule has 0 amide bonds. The Morgan fingerprint density at radius 1 is 1.04 bits per heavy atom. The van der Waals surface area contributed by atoms with Crippen molar-refractivity contribution in [3.63, 3.8) is 0 Å². The van der Waals surface area contributed by atoms with E-state index >= 15 is 0 Å². The molecule has 3 rings (SSSR count). The van der Waals surface area contributed by atoms with Crippen LogP contribution >= 0.6 is 0 Å². The molecule has 0 saturated carbocycles. The number of nitrogens with zero attached hydrogens (tertiary/aromatic N) is 1. The second-order valence-corrected chi connectivity index (χ2v) is 5.48. The maximum absolute atomic E-state index is 10.6. The summed E-state index contributed by atoms with van der Waals surface area (Å²) in [4.78, 5) is 0. The van der Waals surface area contributed by atoms with Gasteiger partial charge >= 0.3 is 0 Å². The first kappa shape index (κ1) is 18.3. The highest BCUT2D eigenvalue weighted by Crippen LogP contribution is 2.36. The van der Waals surface area contributed by atoms with E-state index in [-0.39, 0.29) is 29.7 Å². The van der Waals surface area contributed by atoms with Crippen molar-refractivity contribution in [1.82, 2.24) is 0 Å². The average molecular weight is 437 g/mol. The van der Waals surface area contributed by atoms with Gasteiger partial charge in [0.25, 0.3) is 0 Å². The predicted octanol–water partition coefficient (Wildman–Crippen LogP) is -0.0181. The zero-order valence-corrected chi connectivity index (χ0v) is 16.1. The van der Waals surface area contributed by atoms with Gasteiger partial charge in [0, 0.05) is 6.07 Å². The maximum atomic E-state index is 10.6. The lowest BCUT2D eigenvalue weighted by Gasteiger charge is -2.10. The molecule has 0 aliphatic rings. The number of phenols is 1. The zero-order valence-electron chi connectivity index (χ0n) is 13.9. The van der Waals surface area contributed by atoms with Crippen LogP contribution in [0.3, 0.4) is 0 Å². The van der Waals surface area contributed by atoms with Crippen molar-refractivity contribution in [1.29, 1.82) is 0 Å². The number of fused-ring (bicyclic) bond motifs is 1. The molecular formula is C19H20INO3. The third-order valence-corrected chi connectivity index (χ3v) is 4.09. The number of pyridine rings is 1.